The van der Waals surface area contributed by atoms with Gasteiger partial charge in [0.2, 0.25) is 0 Å². The molecule has 216 valence electrons. The van der Waals surface area contributed by atoms with Gasteiger partial charge in [0.15, 0.2) is 0 Å². The molecule has 5 aliphatic carbocycles. The second-order valence-corrected chi connectivity index (χ2v) is 22.2. The van der Waals surface area contributed by atoms with E-state index in [4.69, 9.17) is 17.0 Å². The summed E-state index contributed by atoms with van der Waals surface area (Å²) in [6, 6.07) is 27.2. The van der Waals surface area contributed by atoms with Crippen LogP contribution in [0.3, 0.4) is 0 Å². The van der Waals surface area contributed by atoms with Crippen molar-refractivity contribution in [3.05, 3.63) is 83.9 Å². The molecule has 0 atom stereocenters. The molecule has 3 heteroatoms. The Balaban J connectivity index is 0.000000106. The molecule has 0 spiro atoms. The van der Waals surface area contributed by atoms with Crippen LogP contribution in [0, 0.1) is 23.7 Å². The molecule has 9 rings (SSSR count). The SMILES string of the molecule is [Cl][Zr]([Cl])=[C]1CCCCC1.c1ccc2c(C(C3CC3)C3CC3)c[cH-]c2c1.c1ccc2c(C(C3CC3)C3CC3)c[cH-]c2c1. The van der Waals surface area contributed by atoms with Crippen LogP contribution in [0.2, 0.25) is 0 Å². The third kappa shape index (κ3) is 7.05. The fourth-order valence-corrected chi connectivity index (χ4v) is 11.7. The standard InChI is InChI=1S/2C16H17.C6H10.2ClH.Zr/c2*1-2-4-14-11(3-1)9-10-15(14)16(12-5-6-12)13-7-8-13;1-2-4-6-5-3-1;;;/h2*1-4,9-10,12-13,16H,5-8H2;1-5H2;2*1H;/q2*-1;;;;+2/p-2. The average molecular weight is 663 g/mol. The Labute approximate surface area is 261 Å². The van der Waals surface area contributed by atoms with Crippen molar-refractivity contribution in [3.8, 4) is 0 Å². The van der Waals surface area contributed by atoms with E-state index in [2.05, 4.69) is 72.8 Å². The van der Waals surface area contributed by atoms with Crippen molar-refractivity contribution in [1.29, 1.82) is 0 Å². The van der Waals surface area contributed by atoms with E-state index in [0.717, 1.165) is 35.5 Å². The Morgan fingerprint density at radius 3 is 1.29 bits per heavy atom. The first-order chi connectivity index (χ1) is 20.2. The first-order valence-corrected chi connectivity index (χ1v) is 24.0. The van der Waals surface area contributed by atoms with Crippen LogP contribution < -0.4 is 0 Å². The van der Waals surface area contributed by atoms with Gasteiger partial charge in [0.25, 0.3) is 0 Å². The normalized spacial score (nSPS) is 20.6. The number of hydrogen-bond donors (Lipinski definition) is 0. The maximum absolute atomic E-state index is 5.88. The summed E-state index contributed by atoms with van der Waals surface area (Å²) >= 11 is -1.88. The van der Waals surface area contributed by atoms with Crippen LogP contribution in [0.15, 0.2) is 72.8 Å². The minimum atomic E-state index is -1.88. The van der Waals surface area contributed by atoms with E-state index >= 15 is 0 Å². The summed E-state index contributed by atoms with van der Waals surface area (Å²) in [6.07, 6.45) is 18.3. The van der Waals surface area contributed by atoms with Crippen LogP contribution in [-0.2, 0) is 18.9 Å². The van der Waals surface area contributed by atoms with Crippen molar-refractivity contribution in [2.45, 2.75) is 95.3 Å². The molecule has 0 heterocycles. The Bertz CT molecular complexity index is 1360. The van der Waals surface area contributed by atoms with Crippen LogP contribution >= 0.6 is 17.0 Å². The first-order valence-electron chi connectivity index (χ1n) is 16.5. The molecule has 0 unspecified atom stereocenters. The van der Waals surface area contributed by atoms with Gasteiger partial charge in [-0.15, -0.1) is 93.3 Å². The zero-order valence-corrected chi connectivity index (χ0v) is 28.3. The molecule has 5 saturated carbocycles. The fraction of sp³-hybridized carbons (Fsp3) is 0.500. The minimum absolute atomic E-state index is 0.889. The van der Waals surface area contributed by atoms with Crippen molar-refractivity contribution in [3.63, 3.8) is 0 Å². The van der Waals surface area contributed by atoms with E-state index in [1.807, 2.05) is 0 Å². The summed E-state index contributed by atoms with van der Waals surface area (Å²) in [4.78, 5) is 0. The Morgan fingerprint density at radius 2 is 0.951 bits per heavy atom. The molecule has 4 aromatic carbocycles. The van der Waals surface area contributed by atoms with Gasteiger partial charge in [-0.2, -0.15) is 0 Å². The molecule has 5 fully saturated rings. The molecule has 0 radical (unpaired) electrons. The maximum Gasteiger partial charge on any atom is -0.0430 e. The van der Waals surface area contributed by atoms with Crippen molar-refractivity contribution < 1.29 is 18.9 Å². The van der Waals surface area contributed by atoms with Gasteiger partial charge < -0.3 is 0 Å². The summed E-state index contributed by atoms with van der Waals surface area (Å²) in [5, 5.41) is 5.91. The Kier molecular flexibility index (Phi) is 9.06. The topological polar surface area (TPSA) is 0 Å². The molecule has 5 aliphatic rings. The molecule has 0 nitrogen and oxygen atoms in total. The number of hydrogen-bond acceptors (Lipinski definition) is 0. The Hall–Kier alpha value is -1.01. The van der Waals surface area contributed by atoms with Gasteiger partial charge in [-0.25, -0.2) is 0 Å². The van der Waals surface area contributed by atoms with E-state index in [9.17, 15) is 0 Å². The largest absolute Gasteiger partial charge is 0.150 e. The fourth-order valence-electron chi connectivity index (χ4n) is 7.70. The van der Waals surface area contributed by atoms with Gasteiger partial charge in [-0.1, -0.05) is 75.3 Å². The molecule has 4 aromatic rings. The number of halogens is 2. The molecular formula is C38H44Cl2Zr-2. The second-order valence-electron chi connectivity index (χ2n) is 13.6. The molecule has 0 aromatic heterocycles. The van der Waals surface area contributed by atoms with Crippen molar-refractivity contribution in [2.75, 3.05) is 0 Å². The van der Waals surface area contributed by atoms with Gasteiger partial charge in [-0.05, 0) is 23.7 Å². The van der Waals surface area contributed by atoms with Gasteiger partial charge >= 0.3 is 71.2 Å². The zero-order valence-electron chi connectivity index (χ0n) is 24.3. The van der Waals surface area contributed by atoms with E-state index in [0.29, 0.717) is 0 Å². The molecule has 0 aliphatic heterocycles. The molecule has 0 N–H and O–H groups in total. The molecule has 41 heavy (non-hydrogen) atoms. The summed E-state index contributed by atoms with van der Waals surface area (Å²) in [6.45, 7) is 0. The molecule has 0 bridgehead atoms. The van der Waals surface area contributed by atoms with Crippen molar-refractivity contribution in [2.24, 2.45) is 23.7 Å². The minimum Gasteiger partial charge on any atom is -0.150 e. The molecule has 0 saturated heterocycles. The summed E-state index contributed by atoms with van der Waals surface area (Å²) < 4.78 is 1.53. The maximum atomic E-state index is 5.88. The summed E-state index contributed by atoms with van der Waals surface area (Å²) in [5.41, 5.74) is 3.31. The van der Waals surface area contributed by atoms with Crippen LogP contribution in [0.5, 0.6) is 0 Å². The van der Waals surface area contributed by atoms with Crippen LogP contribution in [-0.4, -0.2) is 3.21 Å². The van der Waals surface area contributed by atoms with Gasteiger partial charge in [0, 0.05) is 0 Å². The van der Waals surface area contributed by atoms with Gasteiger partial charge in [-0.3, -0.25) is 0 Å². The summed E-state index contributed by atoms with van der Waals surface area (Å²) in [7, 11) is 11.8. The van der Waals surface area contributed by atoms with E-state index in [1.165, 1.54) is 108 Å². The molecule has 0 amide bonds. The smallest absolute Gasteiger partial charge is 0.0430 e. The first kappa shape index (κ1) is 28.7. The predicted molar refractivity (Wildman–Crippen MR) is 175 cm³/mol. The predicted octanol–water partition coefficient (Wildman–Crippen LogP) is 12.0. The zero-order chi connectivity index (χ0) is 27.8. The van der Waals surface area contributed by atoms with Crippen molar-refractivity contribution in [1.82, 2.24) is 0 Å². The van der Waals surface area contributed by atoms with Crippen LogP contribution in [0.4, 0.5) is 0 Å². The van der Waals surface area contributed by atoms with Crippen LogP contribution in [0.25, 0.3) is 21.5 Å². The van der Waals surface area contributed by atoms with Gasteiger partial charge in [0.1, 0.15) is 0 Å². The van der Waals surface area contributed by atoms with E-state index < -0.39 is 18.9 Å². The molecular weight excluding hydrogens is 619 g/mol. The third-order valence-electron chi connectivity index (χ3n) is 10.4. The summed E-state index contributed by atoms with van der Waals surface area (Å²) in [5.74, 6) is 5.83. The van der Waals surface area contributed by atoms with E-state index in [1.54, 1.807) is 11.1 Å². The van der Waals surface area contributed by atoms with Crippen molar-refractivity contribution >= 4 is 41.8 Å². The number of fused-ring (bicyclic) bond motifs is 2. The monoisotopic (exact) mass is 660 g/mol. The van der Waals surface area contributed by atoms with Crippen LogP contribution in [0.1, 0.15) is 106 Å². The van der Waals surface area contributed by atoms with E-state index in [-0.39, 0.29) is 0 Å². The number of benzene rings is 2. The van der Waals surface area contributed by atoms with Gasteiger partial charge in [0.05, 0.1) is 0 Å². The second kappa shape index (κ2) is 12.9. The quantitative estimate of drug-likeness (QED) is 0.180. The third-order valence-corrected chi connectivity index (χ3v) is 16.1. The number of rotatable bonds is 6. The average Bonchev–Trinajstić information content (AvgIpc) is 3.81. The Morgan fingerprint density at radius 1 is 0.561 bits per heavy atom.